The number of unbranched alkanes of at least 4 members (excludes halogenated alkanes) is 7. The highest BCUT2D eigenvalue weighted by atomic mass is 32.2. The number of rotatable bonds is 11. The lowest BCUT2D eigenvalue weighted by molar-refractivity contribution is -0.111. The summed E-state index contributed by atoms with van der Waals surface area (Å²) in [5.74, 6) is 0. The lowest BCUT2D eigenvalue weighted by Crippen LogP contribution is -1.92. The number of aliphatic hydroxyl groups is 1. The second kappa shape index (κ2) is 11.9. The minimum Gasteiger partial charge on any atom is -0.396 e. The van der Waals surface area contributed by atoms with Crippen LogP contribution in [0.25, 0.3) is 0 Å². The first-order chi connectivity index (χ1) is 9.83. The van der Waals surface area contributed by atoms with Crippen LogP contribution in [0.1, 0.15) is 57.8 Å². The first-order valence-corrected chi connectivity index (χ1v) is 8.37. The number of hydrogen-bond acceptors (Lipinski definition) is 4. The van der Waals surface area contributed by atoms with E-state index in [-0.39, 0.29) is 5.12 Å². The van der Waals surface area contributed by atoms with Crippen molar-refractivity contribution in [3.05, 3.63) is 24.4 Å². The molecule has 0 aliphatic carbocycles. The van der Waals surface area contributed by atoms with Crippen LogP contribution in [0.2, 0.25) is 0 Å². The standard InChI is InChI=1S/C16H25NO2S/c18-14-10-6-4-2-1-3-5-7-12-16(19)20-15-11-8-9-13-17-15/h8-9,11,13,18H,1-7,10,12,14H2. The van der Waals surface area contributed by atoms with Crippen molar-refractivity contribution in [2.45, 2.75) is 62.8 Å². The van der Waals surface area contributed by atoms with E-state index in [1.165, 1.54) is 37.4 Å². The van der Waals surface area contributed by atoms with E-state index in [0.717, 1.165) is 30.7 Å². The third-order valence-electron chi connectivity index (χ3n) is 3.15. The van der Waals surface area contributed by atoms with Gasteiger partial charge in [0.2, 0.25) is 0 Å². The molecule has 3 nitrogen and oxygen atoms in total. The highest BCUT2D eigenvalue weighted by Crippen LogP contribution is 2.19. The van der Waals surface area contributed by atoms with Crippen LogP contribution in [0.5, 0.6) is 0 Å². The molecule has 0 spiro atoms. The summed E-state index contributed by atoms with van der Waals surface area (Å²) in [6.07, 6.45) is 11.5. The van der Waals surface area contributed by atoms with Crippen LogP contribution in [0.3, 0.4) is 0 Å². The number of carbonyl (C=O) groups excluding carboxylic acids is 1. The van der Waals surface area contributed by atoms with Gasteiger partial charge in [-0.1, -0.05) is 44.6 Å². The van der Waals surface area contributed by atoms with Crippen LogP contribution in [0, 0.1) is 0 Å². The van der Waals surface area contributed by atoms with Gasteiger partial charge in [-0.15, -0.1) is 0 Å². The zero-order valence-electron chi connectivity index (χ0n) is 12.1. The third kappa shape index (κ3) is 9.10. The Hall–Kier alpha value is -0.870. The van der Waals surface area contributed by atoms with E-state index in [1.807, 2.05) is 18.2 Å². The van der Waals surface area contributed by atoms with Gasteiger partial charge in [-0.25, -0.2) is 4.98 Å². The van der Waals surface area contributed by atoms with Gasteiger partial charge < -0.3 is 5.11 Å². The average molecular weight is 295 g/mol. The van der Waals surface area contributed by atoms with Gasteiger partial charge in [0.1, 0.15) is 5.03 Å². The topological polar surface area (TPSA) is 50.2 Å². The molecule has 0 atom stereocenters. The van der Waals surface area contributed by atoms with Gasteiger partial charge in [-0.05, 0) is 36.7 Å². The Morgan fingerprint density at radius 1 is 1.00 bits per heavy atom. The summed E-state index contributed by atoms with van der Waals surface area (Å²) in [5.41, 5.74) is 0. The first-order valence-electron chi connectivity index (χ1n) is 7.55. The predicted molar refractivity (Wildman–Crippen MR) is 83.7 cm³/mol. The van der Waals surface area contributed by atoms with E-state index in [4.69, 9.17) is 5.11 Å². The van der Waals surface area contributed by atoms with Crippen LogP contribution in [-0.2, 0) is 4.79 Å². The Morgan fingerprint density at radius 3 is 2.25 bits per heavy atom. The van der Waals surface area contributed by atoms with Crippen molar-refractivity contribution in [3.63, 3.8) is 0 Å². The second-order valence-electron chi connectivity index (χ2n) is 4.94. The molecule has 20 heavy (non-hydrogen) atoms. The molecule has 0 aliphatic heterocycles. The molecule has 0 saturated heterocycles. The number of pyridine rings is 1. The van der Waals surface area contributed by atoms with Crippen molar-refractivity contribution in [2.24, 2.45) is 0 Å². The molecule has 1 heterocycles. The number of aromatic nitrogens is 1. The quantitative estimate of drug-likeness (QED) is 0.491. The van der Waals surface area contributed by atoms with Crippen molar-refractivity contribution in [1.29, 1.82) is 0 Å². The Morgan fingerprint density at radius 2 is 1.65 bits per heavy atom. The predicted octanol–water partition coefficient (Wildman–Crippen LogP) is 4.20. The van der Waals surface area contributed by atoms with Gasteiger partial charge in [-0.2, -0.15) is 0 Å². The monoisotopic (exact) mass is 295 g/mol. The SMILES string of the molecule is O=C(CCCCCCCCCCO)Sc1ccccn1. The smallest absolute Gasteiger partial charge is 0.195 e. The van der Waals surface area contributed by atoms with Crippen molar-refractivity contribution in [1.82, 2.24) is 4.98 Å². The molecular weight excluding hydrogens is 270 g/mol. The fourth-order valence-corrected chi connectivity index (χ4v) is 2.76. The van der Waals surface area contributed by atoms with E-state index in [2.05, 4.69) is 4.98 Å². The maximum atomic E-state index is 11.7. The van der Waals surface area contributed by atoms with E-state index in [1.54, 1.807) is 6.20 Å². The van der Waals surface area contributed by atoms with Crippen LogP contribution in [-0.4, -0.2) is 21.8 Å². The van der Waals surface area contributed by atoms with Gasteiger partial charge in [0.25, 0.3) is 0 Å². The average Bonchev–Trinajstić information content (AvgIpc) is 2.46. The molecule has 0 saturated carbocycles. The molecule has 0 amide bonds. The highest BCUT2D eigenvalue weighted by Gasteiger charge is 2.04. The minimum atomic E-state index is 0.214. The largest absolute Gasteiger partial charge is 0.396 e. The molecule has 0 aliphatic rings. The molecule has 1 N–H and O–H groups in total. The van der Waals surface area contributed by atoms with Crippen molar-refractivity contribution < 1.29 is 9.90 Å². The number of thioether (sulfide) groups is 1. The Balaban J connectivity index is 1.92. The van der Waals surface area contributed by atoms with Gasteiger partial charge in [-0.3, -0.25) is 4.79 Å². The maximum Gasteiger partial charge on any atom is 0.195 e. The van der Waals surface area contributed by atoms with Crippen molar-refractivity contribution in [3.8, 4) is 0 Å². The Bertz CT molecular complexity index is 357. The molecule has 0 aromatic carbocycles. The number of hydrogen-bond donors (Lipinski definition) is 1. The molecule has 1 aromatic heterocycles. The third-order valence-corrected chi connectivity index (χ3v) is 4.03. The van der Waals surface area contributed by atoms with Crippen molar-refractivity contribution >= 4 is 16.9 Å². The number of aliphatic hydroxyl groups excluding tert-OH is 1. The zero-order chi connectivity index (χ0) is 14.5. The molecule has 0 fully saturated rings. The summed E-state index contributed by atoms with van der Waals surface area (Å²) >= 11 is 1.25. The van der Waals surface area contributed by atoms with Gasteiger partial charge in [0, 0.05) is 19.2 Å². The molecule has 1 rings (SSSR count). The van der Waals surface area contributed by atoms with Crippen molar-refractivity contribution in [2.75, 3.05) is 6.61 Å². The highest BCUT2D eigenvalue weighted by molar-refractivity contribution is 8.13. The second-order valence-corrected chi connectivity index (χ2v) is 6.02. The van der Waals surface area contributed by atoms with Crippen LogP contribution >= 0.6 is 11.8 Å². The van der Waals surface area contributed by atoms with Crippen LogP contribution in [0.15, 0.2) is 29.4 Å². The molecule has 1 aromatic rings. The van der Waals surface area contributed by atoms with E-state index >= 15 is 0 Å². The van der Waals surface area contributed by atoms with E-state index in [9.17, 15) is 4.79 Å². The number of nitrogens with zero attached hydrogens (tertiary/aromatic N) is 1. The summed E-state index contributed by atoms with van der Waals surface area (Å²) < 4.78 is 0. The summed E-state index contributed by atoms with van der Waals surface area (Å²) in [5, 5.41) is 9.67. The Kier molecular flexibility index (Phi) is 10.2. The normalized spacial score (nSPS) is 10.7. The van der Waals surface area contributed by atoms with E-state index < -0.39 is 0 Å². The fourth-order valence-electron chi connectivity index (χ4n) is 2.02. The molecule has 0 unspecified atom stereocenters. The summed E-state index contributed by atoms with van der Waals surface area (Å²) in [6.45, 7) is 0.316. The van der Waals surface area contributed by atoms with Gasteiger partial charge in [0.05, 0.1) is 0 Å². The van der Waals surface area contributed by atoms with Gasteiger partial charge in [0.15, 0.2) is 5.12 Å². The minimum absolute atomic E-state index is 0.214. The first kappa shape index (κ1) is 17.2. The molecule has 0 radical (unpaired) electrons. The lowest BCUT2D eigenvalue weighted by atomic mass is 10.1. The maximum absolute atomic E-state index is 11.7. The lowest BCUT2D eigenvalue weighted by Gasteiger charge is -2.02. The van der Waals surface area contributed by atoms with Gasteiger partial charge >= 0.3 is 0 Å². The summed E-state index contributed by atoms with van der Waals surface area (Å²) in [4.78, 5) is 15.9. The summed E-state index contributed by atoms with van der Waals surface area (Å²) in [7, 11) is 0. The fraction of sp³-hybridized carbons (Fsp3) is 0.625. The molecule has 0 bridgehead atoms. The molecule has 4 heteroatoms. The molecular formula is C16H25NO2S. The molecule has 112 valence electrons. The zero-order valence-corrected chi connectivity index (χ0v) is 12.9. The van der Waals surface area contributed by atoms with Crippen LogP contribution in [0.4, 0.5) is 0 Å². The van der Waals surface area contributed by atoms with E-state index in [0.29, 0.717) is 13.0 Å². The Labute approximate surface area is 126 Å². The summed E-state index contributed by atoms with van der Waals surface area (Å²) in [6, 6.07) is 5.63. The number of carbonyl (C=O) groups is 1. The van der Waals surface area contributed by atoms with Crippen LogP contribution < -0.4 is 0 Å².